The van der Waals surface area contributed by atoms with Crippen molar-refractivity contribution in [1.29, 1.82) is 0 Å². The summed E-state index contributed by atoms with van der Waals surface area (Å²) < 4.78 is 26.4. The zero-order valence-corrected chi connectivity index (χ0v) is 21.3. The number of benzene rings is 2. The Balaban J connectivity index is 0.000000240. The number of nitrogens with zero attached hydrogens (tertiary/aromatic N) is 1. The van der Waals surface area contributed by atoms with E-state index in [2.05, 4.69) is 23.8 Å². The number of aromatic nitrogens is 2. The lowest BCUT2D eigenvalue weighted by Crippen LogP contribution is -2.41. The van der Waals surface area contributed by atoms with Gasteiger partial charge in [-0.1, -0.05) is 101 Å². The highest BCUT2D eigenvalue weighted by atomic mass is 19.1. The summed E-state index contributed by atoms with van der Waals surface area (Å²) in [6.07, 6.45) is 15.7. The monoisotopic (exact) mass is 466 g/mol. The summed E-state index contributed by atoms with van der Waals surface area (Å²) in [5, 5.41) is 0. The van der Waals surface area contributed by atoms with Gasteiger partial charge in [0.05, 0.1) is 12.0 Å². The van der Waals surface area contributed by atoms with Gasteiger partial charge in [-0.25, -0.2) is 13.8 Å². The van der Waals surface area contributed by atoms with E-state index in [0.29, 0.717) is 0 Å². The van der Waals surface area contributed by atoms with E-state index in [1.807, 2.05) is 25.4 Å². The molecule has 0 bridgehead atoms. The van der Waals surface area contributed by atoms with Crippen LogP contribution in [0, 0.1) is 11.6 Å². The number of hydrogen-bond acceptors (Lipinski definition) is 1. The summed E-state index contributed by atoms with van der Waals surface area (Å²) in [4.78, 5) is 7.77. The quantitative estimate of drug-likeness (QED) is 0.209. The van der Waals surface area contributed by atoms with Gasteiger partial charge in [0.25, 0.3) is 0 Å². The number of unbranched alkanes of at least 4 members (excludes halogenated alkanes) is 6. The van der Waals surface area contributed by atoms with Gasteiger partial charge >= 0.3 is 0 Å². The van der Waals surface area contributed by atoms with Crippen LogP contribution in [0.4, 0.5) is 8.78 Å². The van der Waals surface area contributed by atoms with Gasteiger partial charge < -0.3 is 4.98 Å². The Hall–Kier alpha value is -2.43. The Morgan fingerprint density at radius 3 is 1.79 bits per heavy atom. The fraction of sp³-hybridized carbons (Fsp3) is 0.483. The minimum absolute atomic E-state index is 0.0430. The van der Waals surface area contributed by atoms with Crippen molar-refractivity contribution in [2.24, 2.45) is 0 Å². The lowest BCUT2D eigenvalue weighted by atomic mass is 9.39. The van der Waals surface area contributed by atoms with Gasteiger partial charge in [0.15, 0.2) is 0 Å². The molecule has 1 heterocycles. The standard InChI is InChI=1S/C15H28N2.C14H13BF2/c1-3-5-7-9-11-14-15(17-13-16-14)12-10-8-6-4-2;1-2-15(11-5-3-7-13(16)9-11)12-6-4-8-14(17)10-12/h13H,3-12H2,1-2H3,(H,16,17);3-10H,2H2,1H3. The van der Waals surface area contributed by atoms with Crippen molar-refractivity contribution in [3.8, 4) is 0 Å². The SMILES string of the molecule is CCB(c1cccc(F)c1)c1cccc(F)c1.CCCCCCc1nc[nH]c1CCCCCC. The van der Waals surface area contributed by atoms with Crippen LogP contribution in [0.5, 0.6) is 0 Å². The highest BCUT2D eigenvalue weighted by Crippen LogP contribution is 2.13. The third-order valence-electron chi connectivity index (χ3n) is 6.27. The normalized spacial score (nSPS) is 10.6. The number of hydrogen-bond donors (Lipinski definition) is 1. The second kappa shape index (κ2) is 16.2. The summed E-state index contributed by atoms with van der Waals surface area (Å²) >= 11 is 0. The van der Waals surface area contributed by atoms with E-state index in [4.69, 9.17) is 0 Å². The van der Waals surface area contributed by atoms with Crippen LogP contribution in [0.15, 0.2) is 54.9 Å². The highest BCUT2D eigenvalue weighted by Gasteiger charge is 2.17. The fourth-order valence-corrected chi connectivity index (χ4v) is 4.34. The van der Waals surface area contributed by atoms with Gasteiger partial charge in [0.1, 0.15) is 11.6 Å². The lowest BCUT2D eigenvalue weighted by molar-refractivity contribution is 0.629. The molecule has 3 aromatic rings. The Morgan fingerprint density at radius 1 is 0.735 bits per heavy atom. The number of aromatic amines is 1. The first kappa shape index (κ1) is 27.8. The molecule has 2 aromatic carbocycles. The second-order valence-electron chi connectivity index (χ2n) is 9.02. The molecule has 34 heavy (non-hydrogen) atoms. The molecule has 0 fully saturated rings. The second-order valence-corrected chi connectivity index (χ2v) is 9.02. The number of halogens is 2. The van der Waals surface area contributed by atoms with Gasteiger partial charge in [-0.15, -0.1) is 0 Å². The number of imidazole rings is 1. The van der Waals surface area contributed by atoms with Gasteiger partial charge in [-0.2, -0.15) is 0 Å². The van der Waals surface area contributed by atoms with Crippen molar-refractivity contribution in [3.05, 3.63) is 77.9 Å². The molecule has 0 unspecified atom stereocenters. The van der Waals surface area contributed by atoms with E-state index in [9.17, 15) is 8.78 Å². The Morgan fingerprint density at radius 2 is 1.29 bits per heavy atom. The molecule has 1 aromatic heterocycles. The van der Waals surface area contributed by atoms with Gasteiger partial charge in [0.2, 0.25) is 6.71 Å². The molecule has 1 N–H and O–H groups in total. The van der Waals surface area contributed by atoms with Crippen LogP contribution < -0.4 is 10.9 Å². The maximum absolute atomic E-state index is 13.2. The molecule has 5 heteroatoms. The van der Waals surface area contributed by atoms with Gasteiger partial charge in [-0.05, 0) is 49.9 Å². The molecule has 0 aliphatic carbocycles. The van der Waals surface area contributed by atoms with E-state index in [1.165, 1.54) is 93.4 Å². The summed E-state index contributed by atoms with van der Waals surface area (Å²) in [6.45, 7) is 6.57. The number of aryl methyl sites for hydroxylation is 2. The maximum Gasteiger partial charge on any atom is 0.209 e. The van der Waals surface area contributed by atoms with Gasteiger partial charge in [-0.3, -0.25) is 0 Å². The first-order valence-corrected chi connectivity index (χ1v) is 13.1. The molecule has 0 spiro atoms. The van der Waals surface area contributed by atoms with Crippen molar-refractivity contribution in [2.45, 2.75) is 91.3 Å². The Bertz CT molecular complexity index is 869. The molecule has 3 rings (SSSR count). The zero-order valence-electron chi connectivity index (χ0n) is 21.3. The molecule has 0 radical (unpaired) electrons. The molecule has 0 atom stereocenters. The molecular weight excluding hydrogens is 425 g/mol. The van der Waals surface area contributed by atoms with E-state index < -0.39 is 0 Å². The van der Waals surface area contributed by atoms with Crippen LogP contribution in [0.3, 0.4) is 0 Å². The summed E-state index contributed by atoms with van der Waals surface area (Å²) in [5.41, 5.74) is 4.48. The largest absolute Gasteiger partial charge is 0.348 e. The smallest absolute Gasteiger partial charge is 0.209 e. The summed E-state index contributed by atoms with van der Waals surface area (Å²) in [7, 11) is 0. The predicted octanol–water partition coefficient (Wildman–Crippen LogP) is 7.25. The van der Waals surface area contributed by atoms with Crippen LogP contribution in [-0.4, -0.2) is 16.7 Å². The first-order valence-electron chi connectivity index (χ1n) is 13.1. The van der Waals surface area contributed by atoms with E-state index in [-0.39, 0.29) is 18.3 Å². The van der Waals surface area contributed by atoms with Crippen molar-refractivity contribution >= 4 is 17.6 Å². The number of nitrogens with one attached hydrogen (secondary N) is 1. The zero-order chi connectivity index (χ0) is 24.6. The van der Waals surface area contributed by atoms with Crippen molar-refractivity contribution < 1.29 is 8.78 Å². The Labute approximate surface area is 205 Å². The van der Waals surface area contributed by atoms with E-state index >= 15 is 0 Å². The van der Waals surface area contributed by atoms with Crippen molar-refractivity contribution in [3.63, 3.8) is 0 Å². The van der Waals surface area contributed by atoms with Crippen LogP contribution in [-0.2, 0) is 12.8 Å². The maximum atomic E-state index is 13.2. The molecule has 184 valence electrons. The molecule has 0 saturated carbocycles. The van der Waals surface area contributed by atoms with Crippen LogP contribution in [0.1, 0.15) is 83.5 Å². The fourth-order valence-electron chi connectivity index (χ4n) is 4.34. The van der Waals surface area contributed by atoms with Crippen molar-refractivity contribution in [1.82, 2.24) is 9.97 Å². The predicted molar refractivity (Wildman–Crippen MR) is 143 cm³/mol. The van der Waals surface area contributed by atoms with Crippen LogP contribution in [0.25, 0.3) is 0 Å². The van der Waals surface area contributed by atoms with Gasteiger partial charge in [0, 0.05) is 5.69 Å². The highest BCUT2D eigenvalue weighted by molar-refractivity contribution is 6.85. The third kappa shape index (κ3) is 9.83. The minimum Gasteiger partial charge on any atom is -0.348 e. The molecule has 0 aliphatic heterocycles. The molecule has 0 aliphatic rings. The number of rotatable bonds is 13. The Kier molecular flexibility index (Phi) is 13.3. The molecule has 2 nitrogen and oxygen atoms in total. The topological polar surface area (TPSA) is 28.7 Å². The molecule has 0 amide bonds. The van der Waals surface area contributed by atoms with E-state index in [1.54, 1.807) is 12.1 Å². The minimum atomic E-state index is -0.252. The average molecular weight is 466 g/mol. The lowest BCUT2D eigenvalue weighted by Gasteiger charge is -2.12. The average Bonchev–Trinajstić information content (AvgIpc) is 3.28. The first-order chi connectivity index (χ1) is 16.6. The summed E-state index contributed by atoms with van der Waals surface area (Å²) in [5.74, 6) is -0.505. The number of H-pyrrole nitrogens is 1. The third-order valence-corrected chi connectivity index (χ3v) is 6.27. The van der Waals surface area contributed by atoms with Crippen LogP contribution in [0.2, 0.25) is 6.32 Å². The van der Waals surface area contributed by atoms with Crippen LogP contribution >= 0.6 is 0 Å². The van der Waals surface area contributed by atoms with Crippen molar-refractivity contribution in [2.75, 3.05) is 0 Å². The van der Waals surface area contributed by atoms with E-state index in [0.717, 1.165) is 23.7 Å². The molecule has 0 saturated heterocycles. The summed E-state index contributed by atoms with van der Waals surface area (Å²) in [6, 6.07) is 13.0. The molecular formula is C29H41BF2N2.